The minimum atomic E-state index is -0.330. The summed E-state index contributed by atoms with van der Waals surface area (Å²) in [5.41, 5.74) is 3.04. The smallest absolute Gasteiger partial charge is 0.226 e. The van der Waals surface area contributed by atoms with Gasteiger partial charge in [0, 0.05) is 6.42 Å². The SMILES string of the molecule is C=C(C)c1ccc(CC(=O)Cl)cc1. The van der Waals surface area contributed by atoms with Crippen molar-refractivity contribution in [1.29, 1.82) is 0 Å². The van der Waals surface area contributed by atoms with E-state index in [-0.39, 0.29) is 11.7 Å². The van der Waals surface area contributed by atoms with Crippen molar-refractivity contribution in [2.45, 2.75) is 13.3 Å². The third kappa shape index (κ3) is 3.03. The van der Waals surface area contributed by atoms with Crippen LogP contribution < -0.4 is 0 Å². The first-order chi connectivity index (χ1) is 6.09. The average molecular weight is 195 g/mol. The van der Waals surface area contributed by atoms with Crippen molar-refractivity contribution in [3.63, 3.8) is 0 Å². The van der Waals surface area contributed by atoms with Crippen molar-refractivity contribution in [2.75, 3.05) is 0 Å². The summed E-state index contributed by atoms with van der Waals surface area (Å²) in [6, 6.07) is 7.67. The maximum absolute atomic E-state index is 10.6. The molecule has 0 spiro atoms. The molecule has 2 heteroatoms. The Bertz CT molecular complexity index is 324. The molecule has 1 aromatic rings. The third-order valence-electron chi connectivity index (χ3n) is 1.79. The van der Waals surface area contributed by atoms with Crippen molar-refractivity contribution in [3.8, 4) is 0 Å². The highest BCUT2D eigenvalue weighted by molar-refractivity contribution is 6.63. The van der Waals surface area contributed by atoms with Gasteiger partial charge in [0.1, 0.15) is 0 Å². The number of halogens is 1. The standard InChI is InChI=1S/C11H11ClO/c1-8(2)10-5-3-9(4-6-10)7-11(12)13/h3-6H,1,7H2,2H3. The zero-order valence-electron chi connectivity index (χ0n) is 7.51. The molecule has 0 heterocycles. The zero-order chi connectivity index (χ0) is 9.84. The molecule has 0 N–H and O–H groups in total. The molecule has 0 aliphatic rings. The molecule has 0 bridgehead atoms. The van der Waals surface area contributed by atoms with E-state index in [4.69, 9.17) is 11.6 Å². The van der Waals surface area contributed by atoms with Crippen LogP contribution >= 0.6 is 11.6 Å². The maximum Gasteiger partial charge on any atom is 0.226 e. The molecule has 0 saturated heterocycles. The Morgan fingerprint density at radius 3 is 2.31 bits per heavy atom. The van der Waals surface area contributed by atoms with E-state index in [2.05, 4.69) is 6.58 Å². The van der Waals surface area contributed by atoms with Crippen LogP contribution in [0.5, 0.6) is 0 Å². The highest BCUT2D eigenvalue weighted by Crippen LogP contribution is 2.12. The van der Waals surface area contributed by atoms with Crippen LogP contribution in [0.3, 0.4) is 0 Å². The molecule has 0 aliphatic carbocycles. The second-order valence-electron chi connectivity index (χ2n) is 3.01. The normalized spacial score (nSPS) is 9.69. The van der Waals surface area contributed by atoms with Crippen molar-refractivity contribution in [1.82, 2.24) is 0 Å². The van der Waals surface area contributed by atoms with E-state index in [0.717, 1.165) is 16.7 Å². The molecule has 1 nitrogen and oxygen atoms in total. The molecule has 0 aromatic heterocycles. The topological polar surface area (TPSA) is 17.1 Å². The number of carbonyl (C=O) groups excluding carboxylic acids is 1. The van der Waals surface area contributed by atoms with Gasteiger partial charge < -0.3 is 0 Å². The van der Waals surface area contributed by atoms with Crippen LogP contribution in [0.15, 0.2) is 30.8 Å². The van der Waals surface area contributed by atoms with Gasteiger partial charge in [0.05, 0.1) is 0 Å². The van der Waals surface area contributed by atoms with Gasteiger partial charge in [-0.15, -0.1) is 0 Å². The van der Waals surface area contributed by atoms with E-state index in [1.807, 2.05) is 31.2 Å². The number of carbonyl (C=O) groups is 1. The summed E-state index contributed by atoms with van der Waals surface area (Å²) in [4.78, 5) is 10.6. The van der Waals surface area contributed by atoms with E-state index in [0.29, 0.717) is 0 Å². The Balaban J connectivity index is 2.81. The minimum absolute atomic E-state index is 0.290. The summed E-state index contributed by atoms with van der Waals surface area (Å²) in [5.74, 6) is 0. The fourth-order valence-corrected chi connectivity index (χ4v) is 1.22. The fraction of sp³-hybridized carbons (Fsp3) is 0.182. The van der Waals surface area contributed by atoms with Gasteiger partial charge in [0.15, 0.2) is 0 Å². The van der Waals surface area contributed by atoms with Gasteiger partial charge in [0.2, 0.25) is 5.24 Å². The first kappa shape index (κ1) is 10.0. The van der Waals surface area contributed by atoms with E-state index in [1.165, 1.54) is 0 Å². The van der Waals surface area contributed by atoms with E-state index in [9.17, 15) is 4.79 Å². The number of rotatable bonds is 3. The van der Waals surface area contributed by atoms with E-state index >= 15 is 0 Å². The lowest BCUT2D eigenvalue weighted by atomic mass is 10.1. The van der Waals surface area contributed by atoms with E-state index < -0.39 is 0 Å². The van der Waals surface area contributed by atoms with Crippen LogP contribution in [0.25, 0.3) is 5.57 Å². The number of hydrogen-bond donors (Lipinski definition) is 0. The molecule has 0 radical (unpaired) electrons. The van der Waals surface area contributed by atoms with Crippen LogP contribution in [0.4, 0.5) is 0 Å². The number of allylic oxidation sites excluding steroid dienone is 1. The maximum atomic E-state index is 10.6. The molecule has 0 atom stereocenters. The van der Waals surface area contributed by atoms with Crippen LogP contribution in [0.1, 0.15) is 18.1 Å². The molecule has 68 valence electrons. The molecule has 0 saturated carbocycles. The monoisotopic (exact) mass is 194 g/mol. The summed E-state index contributed by atoms with van der Waals surface area (Å²) in [6.45, 7) is 5.77. The van der Waals surface area contributed by atoms with Gasteiger partial charge in [-0.25, -0.2) is 0 Å². The van der Waals surface area contributed by atoms with Gasteiger partial charge in [-0.05, 0) is 29.7 Å². The van der Waals surface area contributed by atoms with Crippen LogP contribution in [0.2, 0.25) is 0 Å². The molecule has 0 unspecified atom stereocenters. The lowest BCUT2D eigenvalue weighted by Gasteiger charge is -2.00. The number of hydrogen-bond acceptors (Lipinski definition) is 1. The van der Waals surface area contributed by atoms with Crippen molar-refractivity contribution >= 4 is 22.4 Å². The van der Waals surface area contributed by atoms with Gasteiger partial charge >= 0.3 is 0 Å². The highest BCUT2D eigenvalue weighted by atomic mass is 35.5. The quantitative estimate of drug-likeness (QED) is 0.676. The van der Waals surface area contributed by atoms with Gasteiger partial charge in [-0.2, -0.15) is 0 Å². The third-order valence-corrected chi connectivity index (χ3v) is 1.92. The predicted octanol–water partition coefficient (Wildman–Crippen LogP) is 3.03. The van der Waals surface area contributed by atoms with Gasteiger partial charge in [0.25, 0.3) is 0 Å². The summed E-state index contributed by atoms with van der Waals surface area (Å²) in [6.07, 6.45) is 0.290. The Labute approximate surface area is 83.0 Å². The average Bonchev–Trinajstić information content (AvgIpc) is 2.04. The second kappa shape index (κ2) is 4.24. The van der Waals surface area contributed by atoms with Crippen LogP contribution in [-0.4, -0.2) is 5.24 Å². The van der Waals surface area contributed by atoms with Crippen molar-refractivity contribution < 1.29 is 4.79 Å². The summed E-state index contributed by atoms with van der Waals surface area (Å²) in [7, 11) is 0. The Kier molecular flexibility index (Phi) is 3.26. The van der Waals surface area contributed by atoms with Gasteiger partial charge in [-0.3, -0.25) is 4.79 Å². The lowest BCUT2D eigenvalue weighted by Crippen LogP contribution is -1.92. The largest absolute Gasteiger partial charge is 0.281 e. The zero-order valence-corrected chi connectivity index (χ0v) is 8.27. The van der Waals surface area contributed by atoms with Crippen LogP contribution in [0, 0.1) is 0 Å². The Morgan fingerprint density at radius 2 is 1.92 bits per heavy atom. The highest BCUT2D eigenvalue weighted by Gasteiger charge is 1.99. The van der Waals surface area contributed by atoms with E-state index in [1.54, 1.807) is 0 Å². The summed E-state index contributed by atoms with van der Waals surface area (Å²) < 4.78 is 0. The molecule has 1 aromatic carbocycles. The first-order valence-corrected chi connectivity index (χ1v) is 4.40. The van der Waals surface area contributed by atoms with Gasteiger partial charge in [-0.1, -0.05) is 36.4 Å². The lowest BCUT2D eigenvalue weighted by molar-refractivity contribution is -0.111. The molecular formula is C11H11ClO. The molecule has 0 aliphatic heterocycles. The molecular weight excluding hydrogens is 184 g/mol. The van der Waals surface area contributed by atoms with Crippen LogP contribution in [-0.2, 0) is 11.2 Å². The minimum Gasteiger partial charge on any atom is -0.281 e. The summed E-state index contributed by atoms with van der Waals surface area (Å²) >= 11 is 5.26. The first-order valence-electron chi connectivity index (χ1n) is 4.03. The molecule has 0 fully saturated rings. The molecule has 13 heavy (non-hydrogen) atoms. The second-order valence-corrected chi connectivity index (χ2v) is 3.43. The Hall–Kier alpha value is -1.08. The Morgan fingerprint density at radius 1 is 1.38 bits per heavy atom. The molecule has 1 rings (SSSR count). The predicted molar refractivity (Wildman–Crippen MR) is 55.7 cm³/mol. The summed E-state index contributed by atoms with van der Waals surface area (Å²) in [5, 5.41) is -0.330. The van der Waals surface area contributed by atoms with Crippen molar-refractivity contribution in [2.24, 2.45) is 0 Å². The fourth-order valence-electron chi connectivity index (χ4n) is 1.07. The number of benzene rings is 1. The molecule has 0 amide bonds. The van der Waals surface area contributed by atoms with Crippen molar-refractivity contribution in [3.05, 3.63) is 42.0 Å².